The zero-order valence-electron chi connectivity index (χ0n) is 32.7. The molecule has 284 valence electrons. The van der Waals surface area contributed by atoms with Crippen molar-refractivity contribution >= 4 is 76.3 Å². The maximum absolute atomic E-state index is 6.76. The molecule has 0 fully saturated rings. The van der Waals surface area contributed by atoms with Crippen molar-refractivity contribution in [1.82, 2.24) is 24.1 Å². The second kappa shape index (κ2) is 13.1. The molecule has 0 saturated heterocycles. The van der Waals surface area contributed by atoms with Gasteiger partial charge in [0.15, 0.2) is 17.5 Å². The van der Waals surface area contributed by atoms with Crippen molar-refractivity contribution in [2.75, 3.05) is 0 Å². The van der Waals surface area contributed by atoms with Crippen LogP contribution >= 0.6 is 0 Å². The van der Waals surface area contributed by atoms with Crippen LogP contribution in [0.15, 0.2) is 205 Å². The summed E-state index contributed by atoms with van der Waals surface area (Å²) in [6.07, 6.45) is 0. The van der Waals surface area contributed by atoms with E-state index in [1.54, 1.807) is 0 Å². The molecule has 6 nitrogen and oxygen atoms in total. The minimum absolute atomic E-state index is 0.593. The van der Waals surface area contributed by atoms with E-state index in [2.05, 4.69) is 167 Å². The molecule has 61 heavy (non-hydrogen) atoms. The second-order valence-electron chi connectivity index (χ2n) is 15.6. The molecule has 0 bridgehead atoms. The average molecular weight is 780 g/mol. The summed E-state index contributed by atoms with van der Waals surface area (Å²) in [5.74, 6) is 1.84. The molecule has 0 aliphatic rings. The van der Waals surface area contributed by atoms with Crippen LogP contribution in [-0.2, 0) is 0 Å². The van der Waals surface area contributed by atoms with Crippen molar-refractivity contribution in [3.63, 3.8) is 0 Å². The summed E-state index contributed by atoms with van der Waals surface area (Å²) in [6.45, 7) is 0. The van der Waals surface area contributed by atoms with Gasteiger partial charge < -0.3 is 13.6 Å². The first kappa shape index (κ1) is 33.6. The fraction of sp³-hybridized carbons (Fsp3) is 0. The van der Waals surface area contributed by atoms with Crippen LogP contribution in [0.4, 0.5) is 0 Å². The summed E-state index contributed by atoms with van der Waals surface area (Å²) in [5, 5.41) is 9.10. The van der Waals surface area contributed by atoms with Gasteiger partial charge in [0.2, 0.25) is 0 Å². The van der Waals surface area contributed by atoms with Crippen LogP contribution in [0.1, 0.15) is 0 Å². The molecule has 13 rings (SSSR count). The minimum atomic E-state index is 0.593. The van der Waals surface area contributed by atoms with Crippen LogP contribution in [0.3, 0.4) is 0 Å². The molecule has 0 N–H and O–H groups in total. The quantitative estimate of drug-likeness (QED) is 0.175. The van der Waals surface area contributed by atoms with Crippen molar-refractivity contribution in [3.8, 4) is 45.5 Å². The van der Waals surface area contributed by atoms with Crippen LogP contribution in [0.5, 0.6) is 0 Å². The van der Waals surface area contributed by atoms with E-state index in [0.717, 1.165) is 71.8 Å². The maximum atomic E-state index is 6.76. The molecule has 13 aromatic rings. The molecule has 0 amide bonds. The van der Waals surface area contributed by atoms with Crippen LogP contribution in [0.25, 0.3) is 122 Å². The molecule has 0 unspecified atom stereocenters. The van der Waals surface area contributed by atoms with Gasteiger partial charge in [0, 0.05) is 66.4 Å². The lowest BCUT2D eigenvalue weighted by Crippen LogP contribution is -2.00. The van der Waals surface area contributed by atoms with Crippen LogP contribution < -0.4 is 0 Å². The van der Waals surface area contributed by atoms with E-state index in [9.17, 15) is 0 Å². The molecule has 0 saturated carbocycles. The van der Waals surface area contributed by atoms with Crippen molar-refractivity contribution in [1.29, 1.82) is 0 Å². The molecule has 0 aliphatic heterocycles. The highest BCUT2D eigenvalue weighted by molar-refractivity contribution is 6.29. The summed E-state index contributed by atoms with van der Waals surface area (Å²) in [6, 6.07) is 70.1. The van der Waals surface area contributed by atoms with Crippen LogP contribution in [0, 0.1) is 0 Å². The van der Waals surface area contributed by atoms with Crippen LogP contribution in [-0.4, -0.2) is 24.1 Å². The Hall–Kier alpha value is -8.35. The standard InChI is InChI=1S/C55H33N5O/c1-3-16-35(17-4-1)53-56-54(39-24-13-18-34-15-7-8-21-38(34)39)58-55(57-53)43-25-14-28-48-50(43)42-30-29-37(33-49(42)61-48)60-45-27-12-10-23-41(45)52-47(60)32-31-46-51(52)40-22-9-11-26-44(40)59(46)36-19-5-2-6-20-36/h1-33H. The first-order valence-corrected chi connectivity index (χ1v) is 20.5. The highest BCUT2D eigenvalue weighted by atomic mass is 16.3. The number of benzene rings is 9. The molecule has 0 atom stereocenters. The summed E-state index contributed by atoms with van der Waals surface area (Å²) < 4.78 is 11.5. The maximum Gasteiger partial charge on any atom is 0.164 e. The molecule has 4 aromatic heterocycles. The van der Waals surface area contributed by atoms with E-state index in [1.165, 1.54) is 32.6 Å². The third-order valence-electron chi connectivity index (χ3n) is 12.2. The molecule has 6 heteroatoms. The van der Waals surface area contributed by atoms with E-state index >= 15 is 0 Å². The van der Waals surface area contributed by atoms with Crippen molar-refractivity contribution in [2.24, 2.45) is 0 Å². The number of para-hydroxylation sites is 3. The zero-order chi connectivity index (χ0) is 40.0. The van der Waals surface area contributed by atoms with E-state index in [4.69, 9.17) is 19.4 Å². The second-order valence-corrected chi connectivity index (χ2v) is 15.6. The lowest BCUT2D eigenvalue weighted by Gasteiger charge is -2.11. The number of aromatic nitrogens is 5. The number of rotatable bonds is 5. The first-order valence-electron chi connectivity index (χ1n) is 20.5. The van der Waals surface area contributed by atoms with Gasteiger partial charge in [0.1, 0.15) is 11.2 Å². The number of fused-ring (bicyclic) bond motifs is 11. The Bertz CT molecular complexity index is 3870. The topological polar surface area (TPSA) is 61.7 Å². The third-order valence-corrected chi connectivity index (χ3v) is 12.2. The predicted molar refractivity (Wildman–Crippen MR) is 250 cm³/mol. The SMILES string of the molecule is c1ccc(-c2nc(-c3cccc4ccccc34)nc(-c3cccc4oc5cc(-n6c7ccccc7c7c8c9ccccc9n(-c9ccccc9)c8ccc76)ccc5c34)n2)cc1. The van der Waals surface area contributed by atoms with Crippen molar-refractivity contribution in [2.45, 2.75) is 0 Å². The van der Waals surface area contributed by atoms with Crippen molar-refractivity contribution < 1.29 is 4.42 Å². The number of nitrogens with zero attached hydrogens (tertiary/aromatic N) is 5. The van der Waals surface area contributed by atoms with Gasteiger partial charge in [-0.05, 0) is 65.4 Å². The highest BCUT2D eigenvalue weighted by Crippen LogP contribution is 2.44. The summed E-state index contributed by atoms with van der Waals surface area (Å²) in [7, 11) is 0. The smallest absolute Gasteiger partial charge is 0.164 e. The highest BCUT2D eigenvalue weighted by Gasteiger charge is 2.22. The Morgan fingerprint density at radius 3 is 1.62 bits per heavy atom. The van der Waals surface area contributed by atoms with Gasteiger partial charge in [-0.15, -0.1) is 0 Å². The number of furan rings is 1. The summed E-state index contributed by atoms with van der Waals surface area (Å²) in [5.41, 5.74) is 11.1. The fourth-order valence-electron chi connectivity index (χ4n) is 9.55. The monoisotopic (exact) mass is 779 g/mol. The Morgan fingerprint density at radius 2 is 0.885 bits per heavy atom. The van der Waals surface area contributed by atoms with Crippen LogP contribution in [0.2, 0.25) is 0 Å². The Labute approximate surface area is 349 Å². The lowest BCUT2D eigenvalue weighted by molar-refractivity contribution is 0.668. The van der Waals surface area contributed by atoms with Gasteiger partial charge >= 0.3 is 0 Å². The van der Waals surface area contributed by atoms with Gasteiger partial charge in [-0.25, -0.2) is 15.0 Å². The largest absolute Gasteiger partial charge is 0.456 e. The molecular formula is C55H33N5O. The van der Waals surface area contributed by atoms with Gasteiger partial charge in [0.25, 0.3) is 0 Å². The molecule has 4 heterocycles. The molecule has 0 spiro atoms. The summed E-state index contributed by atoms with van der Waals surface area (Å²) in [4.78, 5) is 15.4. The Kier molecular flexibility index (Phi) is 7.21. The fourth-order valence-corrected chi connectivity index (χ4v) is 9.55. The molecule has 9 aromatic carbocycles. The molecular weight excluding hydrogens is 747 g/mol. The van der Waals surface area contributed by atoms with E-state index in [-0.39, 0.29) is 0 Å². The normalized spacial score (nSPS) is 11.9. The molecule has 0 aliphatic carbocycles. The molecule has 0 radical (unpaired) electrons. The Morgan fingerprint density at radius 1 is 0.328 bits per heavy atom. The van der Waals surface area contributed by atoms with Gasteiger partial charge in [-0.1, -0.05) is 140 Å². The minimum Gasteiger partial charge on any atom is -0.456 e. The van der Waals surface area contributed by atoms with E-state index in [1.807, 2.05) is 42.5 Å². The Balaban J connectivity index is 1.02. The zero-order valence-corrected chi connectivity index (χ0v) is 32.7. The first-order chi connectivity index (χ1) is 30.3. The van der Waals surface area contributed by atoms with Gasteiger partial charge in [0.05, 0.1) is 22.1 Å². The van der Waals surface area contributed by atoms with Crippen molar-refractivity contribution in [3.05, 3.63) is 200 Å². The third kappa shape index (κ3) is 5.06. The number of hydrogen-bond acceptors (Lipinski definition) is 4. The average Bonchev–Trinajstić information content (AvgIpc) is 3.99. The van der Waals surface area contributed by atoms with E-state index < -0.39 is 0 Å². The number of hydrogen-bond donors (Lipinski definition) is 0. The lowest BCUT2D eigenvalue weighted by atomic mass is 10.0. The van der Waals surface area contributed by atoms with E-state index in [0.29, 0.717) is 17.5 Å². The van der Waals surface area contributed by atoms with Gasteiger partial charge in [-0.3, -0.25) is 0 Å². The van der Waals surface area contributed by atoms with Gasteiger partial charge in [-0.2, -0.15) is 0 Å². The summed E-state index contributed by atoms with van der Waals surface area (Å²) >= 11 is 0. The predicted octanol–water partition coefficient (Wildman–Crippen LogP) is 14.1.